The van der Waals surface area contributed by atoms with Gasteiger partial charge in [-0.3, -0.25) is 14.2 Å². The van der Waals surface area contributed by atoms with Gasteiger partial charge in [0.25, 0.3) is 5.56 Å². The number of aromatic nitrogens is 2. The topological polar surface area (TPSA) is 55.2 Å². The molecular weight excluding hydrogens is 386 g/mol. The van der Waals surface area contributed by atoms with Crippen molar-refractivity contribution in [2.45, 2.75) is 33.7 Å². The second-order valence-corrected chi connectivity index (χ2v) is 8.34. The van der Waals surface area contributed by atoms with Crippen LogP contribution in [-0.2, 0) is 4.79 Å². The van der Waals surface area contributed by atoms with Crippen molar-refractivity contribution in [1.29, 1.82) is 0 Å². The SMILES string of the molecule is Cc1cccc(-n2c(C(C)N(C)C(=O)C(C)(C)CCl)nc3ccccc3c2=O)c1. The molecule has 0 N–H and O–H groups in total. The van der Waals surface area contributed by atoms with Crippen molar-refractivity contribution < 1.29 is 4.79 Å². The van der Waals surface area contributed by atoms with E-state index in [4.69, 9.17) is 16.6 Å². The quantitative estimate of drug-likeness (QED) is 0.581. The van der Waals surface area contributed by atoms with Crippen LogP contribution in [0.1, 0.15) is 38.2 Å². The average molecular weight is 412 g/mol. The Balaban J connectivity index is 2.24. The van der Waals surface area contributed by atoms with E-state index in [0.717, 1.165) is 11.3 Å². The molecule has 2 aromatic carbocycles. The molecule has 0 saturated carbocycles. The lowest BCUT2D eigenvalue weighted by atomic mass is 9.94. The summed E-state index contributed by atoms with van der Waals surface area (Å²) < 4.78 is 1.61. The smallest absolute Gasteiger partial charge is 0.266 e. The Hall–Kier alpha value is -2.66. The van der Waals surface area contributed by atoms with Gasteiger partial charge >= 0.3 is 0 Å². The highest BCUT2D eigenvalue weighted by atomic mass is 35.5. The maximum Gasteiger partial charge on any atom is 0.266 e. The van der Waals surface area contributed by atoms with Gasteiger partial charge in [0, 0.05) is 12.9 Å². The molecule has 3 aromatic rings. The van der Waals surface area contributed by atoms with Crippen molar-refractivity contribution in [3.63, 3.8) is 0 Å². The first-order valence-electron chi connectivity index (χ1n) is 9.59. The zero-order chi connectivity index (χ0) is 21.3. The second kappa shape index (κ2) is 7.99. The summed E-state index contributed by atoms with van der Waals surface area (Å²) in [6.07, 6.45) is 0. The van der Waals surface area contributed by atoms with Crippen LogP contribution in [0.3, 0.4) is 0 Å². The molecule has 3 rings (SSSR count). The maximum atomic E-state index is 13.4. The number of alkyl halides is 1. The fraction of sp³-hybridized carbons (Fsp3) is 0.348. The van der Waals surface area contributed by atoms with Crippen molar-refractivity contribution in [3.05, 3.63) is 70.3 Å². The molecule has 0 fully saturated rings. The molecular formula is C23H26ClN3O2. The van der Waals surface area contributed by atoms with Crippen LogP contribution in [0, 0.1) is 12.3 Å². The molecule has 1 unspecified atom stereocenters. The van der Waals surface area contributed by atoms with E-state index in [0.29, 0.717) is 16.7 Å². The Bertz CT molecular complexity index is 1120. The molecule has 0 aliphatic rings. The van der Waals surface area contributed by atoms with Crippen molar-refractivity contribution in [1.82, 2.24) is 14.5 Å². The highest BCUT2D eigenvalue weighted by molar-refractivity contribution is 6.19. The predicted octanol–water partition coefficient (Wildman–Crippen LogP) is 4.48. The number of benzene rings is 2. The summed E-state index contributed by atoms with van der Waals surface area (Å²) in [7, 11) is 1.73. The standard InChI is InChI=1S/C23H26ClN3O2/c1-15-9-8-10-17(13-15)27-20(16(2)26(5)22(29)23(3,4)14-24)25-19-12-7-6-11-18(19)21(27)28/h6-13,16H,14H2,1-5H3. The fourth-order valence-electron chi connectivity index (χ4n) is 3.33. The summed E-state index contributed by atoms with van der Waals surface area (Å²) in [5, 5.41) is 0.542. The predicted molar refractivity (Wildman–Crippen MR) is 118 cm³/mol. The second-order valence-electron chi connectivity index (χ2n) is 8.08. The van der Waals surface area contributed by atoms with Crippen LogP contribution in [0.25, 0.3) is 16.6 Å². The van der Waals surface area contributed by atoms with Gasteiger partial charge in [-0.25, -0.2) is 4.98 Å². The van der Waals surface area contributed by atoms with Gasteiger partial charge in [-0.05, 0) is 57.5 Å². The summed E-state index contributed by atoms with van der Waals surface area (Å²) in [6.45, 7) is 7.48. The number of hydrogen-bond donors (Lipinski definition) is 0. The van der Waals surface area contributed by atoms with E-state index < -0.39 is 11.5 Å². The van der Waals surface area contributed by atoms with Crippen molar-refractivity contribution in [3.8, 4) is 5.69 Å². The van der Waals surface area contributed by atoms with Crippen LogP contribution in [0.15, 0.2) is 53.3 Å². The van der Waals surface area contributed by atoms with Crippen LogP contribution < -0.4 is 5.56 Å². The molecule has 0 bridgehead atoms. The number of carbonyl (C=O) groups excluding carboxylic acids is 1. The van der Waals surface area contributed by atoms with Crippen molar-refractivity contribution in [2.24, 2.45) is 5.41 Å². The number of aryl methyl sites for hydroxylation is 1. The summed E-state index contributed by atoms with van der Waals surface area (Å²) in [4.78, 5) is 32.8. The molecule has 1 aromatic heterocycles. The number of rotatable bonds is 5. The van der Waals surface area contributed by atoms with Crippen molar-refractivity contribution in [2.75, 3.05) is 12.9 Å². The number of nitrogens with zero attached hydrogens (tertiary/aromatic N) is 3. The van der Waals surface area contributed by atoms with Crippen LogP contribution in [0.5, 0.6) is 0 Å². The monoisotopic (exact) mass is 411 g/mol. The van der Waals surface area contributed by atoms with E-state index in [1.807, 2.05) is 70.2 Å². The lowest BCUT2D eigenvalue weighted by molar-refractivity contribution is -0.140. The minimum absolute atomic E-state index is 0.0989. The number of fused-ring (bicyclic) bond motifs is 1. The number of carbonyl (C=O) groups is 1. The Labute approximate surface area is 175 Å². The zero-order valence-electron chi connectivity index (χ0n) is 17.4. The Kier molecular flexibility index (Phi) is 5.80. The van der Waals surface area contributed by atoms with Crippen molar-refractivity contribution >= 4 is 28.4 Å². The minimum atomic E-state index is -0.712. The molecule has 0 radical (unpaired) electrons. The lowest BCUT2D eigenvalue weighted by Gasteiger charge is -2.32. The zero-order valence-corrected chi connectivity index (χ0v) is 18.2. The first kappa shape index (κ1) is 21.1. The summed E-state index contributed by atoms with van der Waals surface area (Å²) >= 11 is 6.01. The first-order chi connectivity index (χ1) is 13.7. The van der Waals surface area contributed by atoms with Gasteiger partial charge < -0.3 is 4.90 Å². The van der Waals surface area contributed by atoms with Crippen LogP contribution in [0.4, 0.5) is 0 Å². The molecule has 5 nitrogen and oxygen atoms in total. The number of hydrogen-bond acceptors (Lipinski definition) is 3. The third kappa shape index (κ3) is 3.92. The van der Waals surface area contributed by atoms with Crippen LogP contribution in [0.2, 0.25) is 0 Å². The molecule has 29 heavy (non-hydrogen) atoms. The molecule has 152 valence electrons. The number of halogens is 1. The molecule has 1 atom stereocenters. The van der Waals surface area contributed by atoms with Gasteiger partial charge in [0.15, 0.2) is 0 Å². The largest absolute Gasteiger partial charge is 0.335 e. The normalized spacial score (nSPS) is 12.8. The summed E-state index contributed by atoms with van der Waals surface area (Å²) in [6, 6.07) is 14.6. The molecule has 0 spiro atoms. The van der Waals surface area contributed by atoms with Gasteiger partial charge in [-0.1, -0.05) is 24.3 Å². The van der Waals surface area contributed by atoms with Gasteiger partial charge in [-0.2, -0.15) is 0 Å². The molecule has 0 saturated heterocycles. The number of amides is 1. The highest BCUT2D eigenvalue weighted by Gasteiger charge is 2.33. The van der Waals surface area contributed by atoms with E-state index in [1.54, 1.807) is 22.6 Å². The third-order valence-corrected chi connectivity index (χ3v) is 5.92. The van der Waals surface area contributed by atoms with E-state index in [1.165, 1.54) is 0 Å². The van der Waals surface area contributed by atoms with E-state index in [-0.39, 0.29) is 17.3 Å². The summed E-state index contributed by atoms with van der Waals surface area (Å²) in [5.41, 5.74) is 1.51. The third-order valence-electron chi connectivity index (χ3n) is 5.25. The van der Waals surface area contributed by atoms with Gasteiger partial charge in [0.2, 0.25) is 5.91 Å². The van der Waals surface area contributed by atoms with Gasteiger partial charge in [0.05, 0.1) is 28.0 Å². The van der Waals surface area contributed by atoms with Gasteiger partial charge in [-0.15, -0.1) is 11.6 Å². The fourth-order valence-corrected chi connectivity index (χ4v) is 3.44. The van der Waals surface area contributed by atoms with Crippen LogP contribution >= 0.6 is 11.6 Å². The molecule has 0 aliphatic heterocycles. The number of para-hydroxylation sites is 1. The Morgan fingerprint density at radius 1 is 1.21 bits per heavy atom. The molecule has 1 amide bonds. The maximum absolute atomic E-state index is 13.4. The van der Waals surface area contributed by atoms with Gasteiger partial charge in [0.1, 0.15) is 5.82 Å². The van der Waals surface area contributed by atoms with E-state index in [2.05, 4.69) is 0 Å². The van der Waals surface area contributed by atoms with E-state index >= 15 is 0 Å². The minimum Gasteiger partial charge on any atom is -0.335 e. The molecule has 6 heteroatoms. The Morgan fingerprint density at radius 3 is 2.55 bits per heavy atom. The average Bonchev–Trinajstić information content (AvgIpc) is 2.72. The lowest BCUT2D eigenvalue weighted by Crippen LogP contribution is -2.42. The van der Waals surface area contributed by atoms with Crippen LogP contribution in [-0.4, -0.2) is 33.3 Å². The van der Waals surface area contributed by atoms with E-state index in [9.17, 15) is 9.59 Å². The first-order valence-corrected chi connectivity index (χ1v) is 10.1. The summed E-state index contributed by atoms with van der Waals surface area (Å²) in [5.74, 6) is 0.623. The Morgan fingerprint density at radius 2 is 1.90 bits per heavy atom. The highest BCUT2D eigenvalue weighted by Crippen LogP contribution is 2.27. The molecule has 0 aliphatic carbocycles. The molecule has 1 heterocycles.